The van der Waals surface area contributed by atoms with Gasteiger partial charge in [-0.2, -0.15) is 0 Å². The van der Waals surface area contributed by atoms with E-state index in [0.29, 0.717) is 5.69 Å². The van der Waals surface area contributed by atoms with E-state index in [-0.39, 0.29) is 16.0 Å². The van der Waals surface area contributed by atoms with Gasteiger partial charge >= 0.3 is 5.69 Å². The summed E-state index contributed by atoms with van der Waals surface area (Å²) >= 11 is 0. The van der Waals surface area contributed by atoms with E-state index < -0.39 is 0 Å². The highest BCUT2D eigenvalue weighted by Gasteiger charge is 2.33. The summed E-state index contributed by atoms with van der Waals surface area (Å²) in [6.07, 6.45) is 1.06. The monoisotopic (exact) mass is 249 g/mol. The first kappa shape index (κ1) is 12.7. The molecule has 1 fully saturated rings. The summed E-state index contributed by atoms with van der Waals surface area (Å²) in [4.78, 5) is 13.1. The molecule has 0 spiro atoms. The van der Waals surface area contributed by atoms with Crippen LogP contribution in [0.4, 0.5) is 17.1 Å². The number of rotatable bonds is 3. The molecule has 0 aromatic heterocycles. The molecule has 1 heterocycles. The van der Waals surface area contributed by atoms with Crippen LogP contribution in [0.15, 0.2) is 18.2 Å². The molecular weight excluding hydrogens is 230 g/mol. The lowest BCUT2D eigenvalue weighted by Crippen LogP contribution is -2.23. The molecule has 1 aromatic carbocycles. The van der Waals surface area contributed by atoms with Gasteiger partial charge in [-0.15, -0.1) is 0 Å². The van der Waals surface area contributed by atoms with E-state index in [4.69, 9.17) is 0 Å². The Balaban J connectivity index is 2.42. The predicted molar refractivity (Wildman–Crippen MR) is 73.3 cm³/mol. The fraction of sp³-hybridized carbons (Fsp3) is 0.538. The Morgan fingerprint density at radius 3 is 2.67 bits per heavy atom. The summed E-state index contributed by atoms with van der Waals surface area (Å²) in [6.45, 7) is 6.13. The zero-order chi connectivity index (χ0) is 13.3. The Hall–Kier alpha value is -1.78. The molecule has 0 bridgehead atoms. The molecule has 1 aromatic rings. The molecule has 1 saturated heterocycles. The smallest absolute Gasteiger partial charge is 0.315 e. The van der Waals surface area contributed by atoms with Gasteiger partial charge < -0.3 is 10.2 Å². The number of hydrogen-bond acceptors (Lipinski definition) is 4. The Labute approximate surface area is 107 Å². The van der Waals surface area contributed by atoms with Gasteiger partial charge in [0.2, 0.25) is 0 Å². The molecule has 2 rings (SSSR count). The van der Waals surface area contributed by atoms with Crippen LogP contribution in [0.5, 0.6) is 0 Å². The van der Waals surface area contributed by atoms with Gasteiger partial charge in [-0.3, -0.25) is 10.1 Å². The van der Waals surface area contributed by atoms with Crippen molar-refractivity contribution in [3.05, 3.63) is 28.3 Å². The second kappa shape index (κ2) is 4.48. The van der Waals surface area contributed by atoms with E-state index in [2.05, 4.69) is 24.1 Å². The van der Waals surface area contributed by atoms with E-state index in [1.165, 1.54) is 0 Å². The second-order valence-corrected chi connectivity index (χ2v) is 5.52. The maximum atomic E-state index is 11.3. The van der Waals surface area contributed by atoms with E-state index in [1.807, 2.05) is 12.1 Å². The van der Waals surface area contributed by atoms with Gasteiger partial charge in [0, 0.05) is 20.1 Å². The highest BCUT2D eigenvalue weighted by Crippen LogP contribution is 2.40. The molecule has 0 unspecified atom stereocenters. The number of para-hydroxylation sites is 1. The summed E-state index contributed by atoms with van der Waals surface area (Å²) in [5, 5.41) is 14.2. The van der Waals surface area contributed by atoms with Crippen LogP contribution in [0.3, 0.4) is 0 Å². The summed E-state index contributed by atoms with van der Waals surface area (Å²) in [7, 11) is 1.71. The third-order valence-corrected chi connectivity index (χ3v) is 3.48. The fourth-order valence-electron chi connectivity index (χ4n) is 2.50. The molecule has 5 nitrogen and oxygen atoms in total. The first-order valence-electron chi connectivity index (χ1n) is 6.15. The summed E-state index contributed by atoms with van der Waals surface area (Å²) < 4.78 is 0. The molecule has 98 valence electrons. The summed E-state index contributed by atoms with van der Waals surface area (Å²) in [5.41, 5.74) is 1.70. The molecule has 1 aliphatic heterocycles. The molecule has 0 saturated carbocycles. The van der Waals surface area contributed by atoms with Crippen LogP contribution in [0, 0.1) is 15.5 Å². The Morgan fingerprint density at radius 1 is 1.44 bits per heavy atom. The van der Waals surface area contributed by atoms with Gasteiger partial charge in [0.05, 0.1) is 4.92 Å². The maximum Gasteiger partial charge on any atom is 0.315 e. The predicted octanol–water partition coefficient (Wildman–Crippen LogP) is 2.87. The summed E-state index contributed by atoms with van der Waals surface area (Å²) in [5.74, 6) is 0. The van der Waals surface area contributed by atoms with Crippen LogP contribution in [-0.4, -0.2) is 25.1 Å². The number of nitro benzene ring substituents is 1. The van der Waals surface area contributed by atoms with Crippen molar-refractivity contribution in [2.45, 2.75) is 20.3 Å². The van der Waals surface area contributed by atoms with Gasteiger partial charge in [-0.1, -0.05) is 19.9 Å². The first-order chi connectivity index (χ1) is 8.44. The Morgan fingerprint density at radius 2 is 2.17 bits per heavy atom. The summed E-state index contributed by atoms with van der Waals surface area (Å²) in [6, 6.07) is 5.43. The van der Waals surface area contributed by atoms with Crippen molar-refractivity contribution < 1.29 is 4.92 Å². The van der Waals surface area contributed by atoms with E-state index in [9.17, 15) is 10.1 Å². The average Bonchev–Trinajstić information content (AvgIpc) is 2.68. The quantitative estimate of drug-likeness (QED) is 0.661. The zero-order valence-corrected chi connectivity index (χ0v) is 11.1. The number of anilines is 2. The molecule has 0 radical (unpaired) electrons. The van der Waals surface area contributed by atoms with Crippen LogP contribution in [0.25, 0.3) is 0 Å². The van der Waals surface area contributed by atoms with Crippen molar-refractivity contribution in [1.29, 1.82) is 0 Å². The van der Waals surface area contributed by atoms with Gasteiger partial charge in [-0.25, -0.2) is 0 Å². The minimum absolute atomic E-state index is 0.178. The van der Waals surface area contributed by atoms with Crippen LogP contribution in [0.1, 0.15) is 20.3 Å². The molecular formula is C13H19N3O2. The van der Waals surface area contributed by atoms with E-state index in [1.54, 1.807) is 13.1 Å². The van der Waals surface area contributed by atoms with E-state index >= 15 is 0 Å². The van der Waals surface area contributed by atoms with Crippen LogP contribution in [0.2, 0.25) is 0 Å². The van der Waals surface area contributed by atoms with Gasteiger partial charge in [0.25, 0.3) is 0 Å². The second-order valence-electron chi connectivity index (χ2n) is 5.52. The molecule has 1 aliphatic rings. The third-order valence-electron chi connectivity index (χ3n) is 3.48. The minimum Gasteiger partial charge on any atom is -0.382 e. The lowest BCUT2D eigenvalue weighted by Gasteiger charge is -2.22. The fourth-order valence-corrected chi connectivity index (χ4v) is 2.50. The Bertz CT molecular complexity index is 471. The number of hydrogen-bond donors (Lipinski definition) is 1. The Kier molecular flexibility index (Phi) is 3.15. The van der Waals surface area contributed by atoms with Crippen molar-refractivity contribution in [1.82, 2.24) is 0 Å². The molecule has 1 N–H and O–H groups in total. The molecule has 18 heavy (non-hydrogen) atoms. The average molecular weight is 249 g/mol. The standard InChI is InChI=1S/C13H19N3O2/c1-13(2)7-8-15(9-13)11-6-4-5-10(14-3)12(11)16(17)18/h4-6,14H,7-9H2,1-3H3. The van der Waals surface area contributed by atoms with E-state index in [0.717, 1.165) is 25.2 Å². The maximum absolute atomic E-state index is 11.3. The molecule has 5 heteroatoms. The van der Waals surface area contributed by atoms with Gasteiger partial charge in [0.15, 0.2) is 0 Å². The van der Waals surface area contributed by atoms with Crippen molar-refractivity contribution in [3.8, 4) is 0 Å². The minimum atomic E-state index is -0.299. The van der Waals surface area contributed by atoms with Crippen LogP contribution >= 0.6 is 0 Å². The molecule has 0 amide bonds. The normalized spacial score (nSPS) is 17.8. The topological polar surface area (TPSA) is 58.4 Å². The van der Waals surface area contributed by atoms with Crippen molar-refractivity contribution in [2.75, 3.05) is 30.4 Å². The van der Waals surface area contributed by atoms with Crippen molar-refractivity contribution in [3.63, 3.8) is 0 Å². The van der Waals surface area contributed by atoms with Gasteiger partial charge in [0.1, 0.15) is 11.4 Å². The van der Waals surface area contributed by atoms with Crippen molar-refractivity contribution in [2.24, 2.45) is 5.41 Å². The number of nitro groups is 1. The van der Waals surface area contributed by atoms with Crippen LogP contribution < -0.4 is 10.2 Å². The number of nitrogens with one attached hydrogen (secondary N) is 1. The largest absolute Gasteiger partial charge is 0.382 e. The molecule has 0 aliphatic carbocycles. The lowest BCUT2D eigenvalue weighted by molar-refractivity contribution is -0.383. The highest BCUT2D eigenvalue weighted by molar-refractivity contribution is 5.77. The number of benzene rings is 1. The lowest BCUT2D eigenvalue weighted by atomic mass is 9.93. The van der Waals surface area contributed by atoms with Crippen LogP contribution in [-0.2, 0) is 0 Å². The first-order valence-corrected chi connectivity index (χ1v) is 6.15. The zero-order valence-electron chi connectivity index (χ0n) is 11.1. The third kappa shape index (κ3) is 2.25. The molecule has 0 atom stereocenters. The van der Waals surface area contributed by atoms with Crippen molar-refractivity contribution >= 4 is 17.1 Å². The van der Waals surface area contributed by atoms with Gasteiger partial charge in [-0.05, 0) is 24.0 Å². The SMILES string of the molecule is CNc1cccc(N2CCC(C)(C)C2)c1[N+](=O)[O-]. The highest BCUT2D eigenvalue weighted by atomic mass is 16.6. The number of nitrogens with zero attached hydrogens (tertiary/aromatic N) is 2.